The van der Waals surface area contributed by atoms with Crippen LogP contribution in [0.2, 0.25) is 0 Å². The van der Waals surface area contributed by atoms with Gasteiger partial charge in [0.1, 0.15) is 0 Å². The largest absolute Gasteiger partial charge is 0.396 e. The third-order valence-corrected chi connectivity index (χ3v) is 3.47. The summed E-state index contributed by atoms with van der Waals surface area (Å²) in [5.74, 6) is -0.531. The zero-order valence-electron chi connectivity index (χ0n) is 10.9. The van der Waals surface area contributed by atoms with Gasteiger partial charge in [-0.1, -0.05) is 0 Å². The monoisotopic (exact) mass is 267 g/mol. The molecule has 0 aliphatic carbocycles. The van der Waals surface area contributed by atoms with Gasteiger partial charge in [0.05, 0.1) is 5.56 Å². The molecule has 2 heterocycles. The van der Waals surface area contributed by atoms with Crippen LogP contribution in [-0.2, 0) is 0 Å². The molecule has 0 spiro atoms. The van der Waals surface area contributed by atoms with Crippen LogP contribution in [-0.4, -0.2) is 47.6 Å². The van der Waals surface area contributed by atoms with E-state index in [2.05, 4.69) is 10.3 Å². The van der Waals surface area contributed by atoms with Crippen molar-refractivity contribution in [2.75, 3.05) is 32.1 Å². The molecule has 104 valence electrons. The molecule has 5 nitrogen and oxygen atoms in total. The van der Waals surface area contributed by atoms with Crippen LogP contribution in [0.4, 0.5) is 10.2 Å². The molecule has 1 unspecified atom stereocenters. The van der Waals surface area contributed by atoms with Crippen LogP contribution < -0.4 is 5.32 Å². The van der Waals surface area contributed by atoms with Crippen molar-refractivity contribution < 1.29 is 14.3 Å². The van der Waals surface area contributed by atoms with Crippen molar-refractivity contribution in [3.63, 3.8) is 0 Å². The summed E-state index contributed by atoms with van der Waals surface area (Å²) in [5.41, 5.74) is 0.0454. The Balaban J connectivity index is 2.12. The van der Waals surface area contributed by atoms with Gasteiger partial charge in [-0.25, -0.2) is 9.37 Å². The lowest BCUT2D eigenvalue weighted by atomic mass is 10.1. The molecule has 0 bridgehead atoms. The number of hydrogen-bond acceptors (Lipinski definition) is 4. The molecule has 1 aliphatic heterocycles. The standard InChI is InChI=1S/C13H18FN3O2/c1-15-12-11(14)10(2-5-16-12)13(19)17-6-3-9(8-17)4-7-18/h2,5,9,18H,3-4,6-8H2,1H3,(H,15,16). The molecule has 19 heavy (non-hydrogen) atoms. The molecule has 1 aromatic rings. The molecule has 1 fully saturated rings. The van der Waals surface area contributed by atoms with Crippen molar-refractivity contribution in [3.8, 4) is 0 Å². The third-order valence-electron chi connectivity index (χ3n) is 3.47. The smallest absolute Gasteiger partial charge is 0.257 e. The zero-order chi connectivity index (χ0) is 13.8. The van der Waals surface area contributed by atoms with E-state index in [1.165, 1.54) is 12.3 Å². The number of nitrogens with one attached hydrogen (secondary N) is 1. The van der Waals surface area contributed by atoms with E-state index >= 15 is 0 Å². The number of hydrogen-bond donors (Lipinski definition) is 2. The topological polar surface area (TPSA) is 65.5 Å². The first kappa shape index (κ1) is 13.7. The second-order valence-corrected chi connectivity index (χ2v) is 4.69. The summed E-state index contributed by atoms with van der Waals surface area (Å²) in [6, 6.07) is 1.40. The number of likely N-dealkylation sites (tertiary alicyclic amines) is 1. The van der Waals surface area contributed by atoms with E-state index in [0.717, 1.165) is 6.42 Å². The molecule has 2 N–H and O–H groups in total. The number of carbonyl (C=O) groups is 1. The van der Waals surface area contributed by atoms with E-state index in [9.17, 15) is 9.18 Å². The van der Waals surface area contributed by atoms with Gasteiger partial charge in [-0.2, -0.15) is 0 Å². The Hall–Kier alpha value is -1.69. The van der Waals surface area contributed by atoms with Gasteiger partial charge in [-0.3, -0.25) is 4.79 Å². The molecule has 1 aliphatic rings. The molecular weight excluding hydrogens is 249 g/mol. The highest BCUT2D eigenvalue weighted by Crippen LogP contribution is 2.23. The summed E-state index contributed by atoms with van der Waals surface area (Å²) in [7, 11) is 1.56. The lowest BCUT2D eigenvalue weighted by Gasteiger charge is -2.17. The van der Waals surface area contributed by atoms with Crippen LogP contribution in [0.3, 0.4) is 0 Å². The number of nitrogens with zero attached hydrogens (tertiary/aromatic N) is 2. The van der Waals surface area contributed by atoms with Crippen molar-refractivity contribution in [3.05, 3.63) is 23.6 Å². The Morgan fingerprint density at radius 3 is 3.16 bits per heavy atom. The minimum atomic E-state index is -0.611. The molecular formula is C13H18FN3O2. The van der Waals surface area contributed by atoms with Crippen LogP contribution in [0, 0.1) is 11.7 Å². The van der Waals surface area contributed by atoms with E-state index in [0.29, 0.717) is 25.4 Å². The van der Waals surface area contributed by atoms with Crippen molar-refractivity contribution in [1.29, 1.82) is 0 Å². The van der Waals surface area contributed by atoms with Crippen LogP contribution >= 0.6 is 0 Å². The van der Waals surface area contributed by atoms with Crippen LogP contribution in [0.5, 0.6) is 0 Å². The number of rotatable bonds is 4. The van der Waals surface area contributed by atoms with Gasteiger partial charge in [0.25, 0.3) is 5.91 Å². The summed E-state index contributed by atoms with van der Waals surface area (Å²) < 4.78 is 14.0. The Kier molecular flexibility index (Phi) is 4.31. The molecule has 0 saturated carbocycles. The first-order valence-electron chi connectivity index (χ1n) is 6.39. The van der Waals surface area contributed by atoms with Crippen molar-refractivity contribution >= 4 is 11.7 Å². The molecule has 0 aromatic carbocycles. The first-order chi connectivity index (χ1) is 9.17. The number of pyridine rings is 1. The third kappa shape index (κ3) is 2.84. The Morgan fingerprint density at radius 2 is 2.47 bits per heavy atom. The number of amides is 1. The van der Waals surface area contributed by atoms with Gasteiger partial charge in [-0.05, 0) is 24.8 Å². The van der Waals surface area contributed by atoms with Crippen molar-refractivity contribution in [2.24, 2.45) is 5.92 Å². The van der Waals surface area contributed by atoms with Crippen LogP contribution in [0.1, 0.15) is 23.2 Å². The predicted octanol–water partition coefficient (Wildman–Crippen LogP) is 1.11. The highest BCUT2D eigenvalue weighted by Gasteiger charge is 2.28. The minimum Gasteiger partial charge on any atom is -0.396 e. The molecule has 2 rings (SSSR count). The van der Waals surface area contributed by atoms with Gasteiger partial charge < -0.3 is 15.3 Å². The van der Waals surface area contributed by atoms with Crippen LogP contribution in [0.25, 0.3) is 0 Å². The fraction of sp³-hybridized carbons (Fsp3) is 0.538. The van der Waals surface area contributed by atoms with Crippen molar-refractivity contribution in [2.45, 2.75) is 12.8 Å². The van der Waals surface area contributed by atoms with E-state index in [4.69, 9.17) is 5.11 Å². The lowest BCUT2D eigenvalue weighted by molar-refractivity contribution is 0.0780. The van der Waals surface area contributed by atoms with Gasteiger partial charge in [0.15, 0.2) is 11.6 Å². The van der Waals surface area contributed by atoms with Gasteiger partial charge in [0, 0.05) is 32.9 Å². The minimum absolute atomic E-state index is 0.0454. The first-order valence-corrected chi connectivity index (χ1v) is 6.39. The predicted molar refractivity (Wildman–Crippen MR) is 69.5 cm³/mol. The van der Waals surface area contributed by atoms with Gasteiger partial charge in [0.2, 0.25) is 0 Å². The van der Waals surface area contributed by atoms with E-state index in [-0.39, 0.29) is 23.9 Å². The average Bonchev–Trinajstić information content (AvgIpc) is 2.87. The highest BCUT2D eigenvalue weighted by molar-refractivity contribution is 5.95. The second-order valence-electron chi connectivity index (χ2n) is 4.69. The maximum absolute atomic E-state index is 14.0. The number of carbonyl (C=O) groups excluding carboxylic acids is 1. The Morgan fingerprint density at radius 1 is 1.68 bits per heavy atom. The maximum Gasteiger partial charge on any atom is 0.257 e. The summed E-state index contributed by atoms with van der Waals surface area (Å²) in [5, 5.41) is 11.5. The van der Waals surface area contributed by atoms with Gasteiger partial charge >= 0.3 is 0 Å². The Labute approximate surface area is 111 Å². The number of aliphatic hydroxyl groups is 1. The number of anilines is 1. The highest BCUT2D eigenvalue weighted by atomic mass is 19.1. The van der Waals surface area contributed by atoms with Crippen LogP contribution in [0.15, 0.2) is 12.3 Å². The maximum atomic E-state index is 14.0. The number of aliphatic hydroxyl groups excluding tert-OH is 1. The SMILES string of the molecule is CNc1nccc(C(=O)N2CCC(CCO)C2)c1F. The summed E-state index contributed by atoms with van der Waals surface area (Å²) >= 11 is 0. The summed E-state index contributed by atoms with van der Waals surface area (Å²) in [6.07, 6.45) is 2.96. The molecule has 6 heteroatoms. The zero-order valence-corrected chi connectivity index (χ0v) is 10.9. The van der Waals surface area contributed by atoms with E-state index in [1.807, 2.05) is 0 Å². The van der Waals surface area contributed by atoms with E-state index in [1.54, 1.807) is 11.9 Å². The fourth-order valence-corrected chi connectivity index (χ4v) is 2.39. The Bertz CT molecular complexity index is 467. The molecule has 0 radical (unpaired) electrons. The normalized spacial score (nSPS) is 18.7. The fourth-order valence-electron chi connectivity index (χ4n) is 2.39. The summed E-state index contributed by atoms with van der Waals surface area (Å²) in [4.78, 5) is 17.7. The second kappa shape index (κ2) is 5.97. The molecule has 1 aromatic heterocycles. The lowest BCUT2D eigenvalue weighted by Crippen LogP contribution is -2.29. The summed E-state index contributed by atoms with van der Waals surface area (Å²) in [6.45, 7) is 1.32. The quantitative estimate of drug-likeness (QED) is 0.857. The van der Waals surface area contributed by atoms with E-state index < -0.39 is 5.82 Å². The molecule has 1 saturated heterocycles. The number of halogens is 1. The molecule has 1 atom stereocenters. The average molecular weight is 267 g/mol. The van der Waals surface area contributed by atoms with Crippen molar-refractivity contribution in [1.82, 2.24) is 9.88 Å². The number of aromatic nitrogens is 1. The van der Waals surface area contributed by atoms with Gasteiger partial charge in [-0.15, -0.1) is 0 Å². The molecule has 1 amide bonds.